The lowest BCUT2D eigenvalue weighted by Gasteiger charge is -2.35. The number of carbonyl (C=O) groups excluding carboxylic acids is 2. The van der Waals surface area contributed by atoms with Crippen LogP contribution in [0.4, 0.5) is 4.79 Å². The monoisotopic (exact) mass is 334 g/mol. The summed E-state index contributed by atoms with van der Waals surface area (Å²) >= 11 is 0. The van der Waals surface area contributed by atoms with E-state index in [1.165, 1.54) is 0 Å². The van der Waals surface area contributed by atoms with E-state index in [-0.39, 0.29) is 24.5 Å². The van der Waals surface area contributed by atoms with Crippen molar-refractivity contribution in [2.45, 2.75) is 45.2 Å². The minimum atomic E-state index is -0.239. The standard InChI is InChI=1S/C18H26N2O4/c1-3-24-17(21)12-15-6-4-5-11-20(15)18(22)19-13-14-7-9-16(23-2)10-8-14/h7-10,15H,3-6,11-13H2,1-2H3,(H,19,22)/t15-/m1/s1. The molecule has 1 aliphatic rings. The first kappa shape index (κ1) is 18.1. The van der Waals surface area contributed by atoms with E-state index in [0.717, 1.165) is 30.6 Å². The lowest BCUT2D eigenvalue weighted by Crippen LogP contribution is -2.49. The summed E-state index contributed by atoms with van der Waals surface area (Å²) < 4.78 is 10.1. The predicted molar refractivity (Wildman–Crippen MR) is 90.8 cm³/mol. The molecule has 24 heavy (non-hydrogen) atoms. The Morgan fingerprint density at radius 2 is 2.00 bits per heavy atom. The zero-order valence-corrected chi connectivity index (χ0v) is 14.4. The quantitative estimate of drug-likeness (QED) is 0.812. The van der Waals surface area contributed by atoms with E-state index in [0.29, 0.717) is 19.7 Å². The van der Waals surface area contributed by atoms with E-state index in [2.05, 4.69) is 5.32 Å². The van der Waals surface area contributed by atoms with Gasteiger partial charge < -0.3 is 19.7 Å². The molecule has 1 N–H and O–H groups in total. The molecule has 0 radical (unpaired) electrons. The molecule has 1 aromatic rings. The van der Waals surface area contributed by atoms with Gasteiger partial charge in [-0.1, -0.05) is 12.1 Å². The van der Waals surface area contributed by atoms with E-state index < -0.39 is 0 Å². The second-order valence-electron chi connectivity index (χ2n) is 5.86. The van der Waals surface area contributed by atoms with Crippen LogP contribution in [0.15, 0.2) is 24.3 Å². The molecule has 0 bridgehead atoms. The molecule has 1 aliphatic heterocycles. The maximum absolute atomic E-state index is 12.5. The highest BCUT2D eigenvalue weighted by Gasteiger charge is 2.28. The van der Waals surface area contributed by atoms with Gasteiger partial charge in [-0.2, -0.15) is 0 Å². The molecule has 132 valence electrons. The highest BCUT2D eigenvalue weighted by atomic mass is 16.5. The molecule has 6 heteroatoms. The maximum atomic E-state index is 12.5. The van der Waals surface area contributed by atoms with E-state index >= 15 is 0 Å². The van der Waals surface area contributed by atoms with Gasteiger partial charge in [-0.05, 0) is 43.9 Å². The molecular weight excluding hydrogens is 308 g/mol. The number of esters is 1. The first-order valence-corrected chi connectivity index (χ1v) is 8.47. The molecule has 0 unspecified atom stereocenters. The number of rotatable bonds is 6. The summed E-state index contributed by atoms with van der Waals surface area (Å²) in [7, 11) is 1.62. The number of urea groups is 1. The van der Waals surface area contributed by atoms with Crippen LogP contribution in [-0.2, 0) is 16.1 Å². The van der Waals surface area contributed by atoms with E-state index in [9.17, 15) is 9.59 Å². The summed E-state index contributed by atoms with van der Waals surface area (Å²) in [5, 5.41) is 2.94. The van der Waals surface area contributed by atoms with Gasteiger partial charge in [0.25, 0.3) is 0 Å². The average molecular weight is 334 g/mol. The lowest BCUT2D eigenvalue weighted by molar-refractivity contribution is -0.144. The highest BCUT2D eigenvalue weighted by Crippen LogP contribution is 2.20. The minimum Gasteiger partial charge on any atom is -0.497 e. The zero-order chi connectivity index (χ0) is 17.4. The molecule has 0 aliphatic carbocycles. The van der Waals surface area contributed by atoms with Crippen molar-refractivity contribution in [2.24, 2.45) is 0 Å². The largest absolute Gasteiger partial charge is 0.497 e. The number of hydrogen-bond acceptors (Lipinski definition) is 4. The predicted octanol–water partition coefficient (Wildman–Crippen LogP) is 2.71. The Kier molecular flexibility index (Phi) is 6.90. The Bertz CT molecular complexity index is 544. The third-order valence-electron chi connectivity index (χ3n) is 4.20. The van der Waals surface area contributed by atoms with Crippen molar-refractivity contribution in [3.63, 3.8) is 0 Å². The van der Waals surface area contributed by atoms with Crippen molar-refractivity contribution in [1.82, 2.24) is 10.2 Å². The molecule has 2 amide bonds. The third kappa shape index (κ3) is 5.15. The van der Waals surface area contributed by atoms with Crippen molar-refractivity contribution in [3.05, 3.63) is 29.8 Å². The molecule has 6 nitrogen and oxygen atoms in total. The smallest absolute Gasteiger partial charge is 0.317 e. The molecule has 1 atom stereocenters. The SMILES string of the molecule is CCOC(=O)C[C@H]1CCCCN1C(=O)NCc1ccc(OC)cc1. The van der Waals surface area contributed by atoms with Crippen LogP contribution in [0.25, 0.3) is 0 Å². The molecule has 1 fully saturated rings. The van der Waals surface area contributed by atoms with Gasteiger partial charge in [-0.25, -0.2) is 4.79 Å². The molecular formula is C18H26N2O4. The second-order valence-corrected chi connectivity index (χ2v) is 5.86. The fourth-order valence-electron chi connectivity index (χ4n) is 2.92. The van der Waals surface area contributed by atoms with Crippen LogP contribution in [0.2, 0.25) is 0 Å². The summed E-state index contributed by atoms with van der Waals surface area (Å²) in [4.78, 5) is 26.0. The molecule has 1 aromatic carbocycles. The summed E-state index contributed by atoms with van der Waals surface area (Å²) in [6.45, 7) is 3.29. The zero-order valence-electron chi connectivity index (χ0n) is 14.4. The van der Waals surface area contributed by atoms with Crippen molar-refractivity contribution >= 4 is 12.0 Å². The molecule has 0 spiro atoms. The number of likely N-dealkylation sites (tertiary alicyclic amines) is 1. The van der Waals surface area contributed by atoms with Gasteiger partial charge >= 0.3 is 12.0 Å². The van der Waals surface area contributed by atoms with Gasteiger partial charge in [0.05, 0.1) is 20.1 Å². The summed E-state index contributed by atoms with van der Waals surface area (Å²) in [5.74, 6) is 0.549. The van der Waals surface area contributed by atoms with Gasteiger partial charge in [-0.3, -0.25) is 4.79 Å². The van der Waals surface area contributed by atoms with E-state index in [1.54, 1.807) is 18.9 Å². The van der Waals surface area contributed by atoms with Crippen LogP contribution in [0.5, 0.6) is 5.75 Å². The normalized spacial score (nSPS) is 17.2. The van der Waals surface area contributed by atoms with Crippen LogP contribution < -0.4 is 10.1 Å². The van der Waals surface area contributed by atoms with Gasteiger partial charge in [0, 0.05) is 19.1 Å². The van der Waals surface area contributed by atoms with E-state index in [4.69, 9.17) is 9.47 Å². The summed E-state index contributed by atoms with van der Waals surface area (Å²) in [6.07, 6.45) is 3.11. The number of nitrogens with one attached hydrogen (secondary N) is 1. The number of methoxy groups -OCH3 is 1. The van der Waals surface area contributed by atoms with Crippen molar-refractivity contribution in [1.29, 1.82) is 0 Å². The van der Waals surface area contributed by atoms with Crippen LogP contribution in [0.3, 0.4) is 0 Å². The first-order valence-electron chi connectivity index (χ1n) is 8.47. The van der Waals surface area contributed by atoms with Crippen LogP contribution >= 0.6 is 0 Å². The summed E-state index contributed by atoms with van der Waals surface area (Å²) in [5.41, 5.74) is 1.00. The van der Waals surface area contributed by atoms with Crippen molar-refractivity contribution in [3.8, 4) is 5.75 Å². The van der Waals surface area contributed by atoms with E-state index in [1.807, 2.05) is 24.3 Å². The number of benzene rings is 1. The molecule has 2 rings (SSSR count). The number of amides is 2. The molecule has 0 saturated carbocycles. The Morgan fingerprint density at radius 3 is 2.67 bits per heavy atom. The Balaban J connectivity index is 1.89. The lowest BCUT2D eigenvalue weighted by atomic mass is 10.00. The first-order chi connectivity index (χ1) is 11.6. The number of carbonyl (C=O) groups is 2. The Hall–Kier alpha value is -2.24. The van der Waals surface area contributed by atoms with Gasteiger partial charge in [0.2, 0.25) is 0 Å². The van der Waals surface area contributed by atoms with Gasteiger partial charge in [-0.15, -0.1) is 0 Å². The minimum absolute atomic E-state index is 0.0753. The van der Waals surface area contributed by atoms with Crippen LogP contribution in [0, 0.1) is 0 Å². The number of hydrogen-bond donors (Lipinski definition) is 1. The topological polar surface area (TPSA) is 67.9 Å². The van der Waals surface area contributed by atoms with Gasteiger partial charge in [0.15, 0.2) is 0 Å². The van der Waals surface area contributed by atoms with Gasteiger partial charge in [0.1, 0.15) is 5.75 Å². The fraction of sp³-hybridized carbons (Fsp3) is 0.556. The highest BCUT2D eigenvalue weighted by molar-refractivity contribution is 5.76. The molecule has 1 heterocycles. The summed E-state index contributed by atoms with van der Waals surface area (Å²) in [6, 6.07) is 7.38. The number of nitrogens with zero attached hydrogens (tertiary/aromatic N) is 1. The van der Waals surface area contributed by atoms with Crippen molar-refractivity contribution < 1.29 is 19.1 Å². The Labute approximate surface area is 143 Å². The maximum Gasteiger partial charge on any atom is 0.317 e. The number of piperidine rings is 1. The Morgan fingerprint density at radius 1 is 1.25 bits per heavy atom. The fourth-order valence-corrected chi connectivity index (χ4v) is 2.92. The van der Waals surface area contributed by atoms with Crippen molar-refractivity contribution in [2.75, 3.05) is 20.3 Å². The van der Waals surface area contributed by atoms with Crippen LogP contribution in [-0.4, -0.2) is 43.2 Å². The third-order valence-corrected chi connectivity index (χ3v) is 4.20. The molecule has 0 aromatic heterocycles. The second kappa shape index (κ2) is 9.15. The van der Waals surface area contributed by atoms with Crippen LogP contribution in [0.1, 0.15) is 38.2 Å². The molecule has 1 saturated heterocycles. The number of ether oxygens (including phenoxy) is 2. The average Bonchev–Trinajstić information content (AvgIpc) is 2.60.